The van der Waals surface area contributed by atoms with Gasteiger partial charge in [0.15, 0.2) is 0 Å². The summed E-state index contributed by atoms with van der Waals surface area (Å²) in [6.45, 7) is 0. The number of fused-ring (bicyclic) bond motifs is 1. The average Bonchev–Trinajstić information content (AvgIpc) is 2.80. The Bertz CT molecular complexity index is 786. The Kier molecular flexibility index (Phi) is 3.10. The molecule has 0 aliphatic rings. The van der Waals surface area contributed by atoms with Gasteiger partial charge in [-0.1, -0.05) is 17.7 Å². The van der Waals surface area contributed by atoms with Gasteiger partial charge in [-0.2, -0.15) is 4.39 Å². The van der Waals surface area contributed by atoms with Gasteiger partial charge in [0.2, 0.25) is 0 Å². The van der Waals surface area contributed by atoms with Gasteiger partial charge in [-0.15, -0.1) is 5.10 Å². The molecule has 0 aliphatic heterocycles. The summed E-state index contributed by atoms with van der Waals surface area (Å²) in [5.74, 6) is -0.698. The topological polar surface area (TPSA) is 41.6 Å². The molecule has 0 saturated heterocycles. The van der Waals surface area contributed by atoms with E-state index in [4.69, 9.17) is 11.6 Å². The normalized spacial score (nSPS) is 11.4. The van der Waals surface area contributed by atoms with E-state index in [0.717, 1.165) is 0 Å². The molecule has 3 aromatic rings. The van der Waals surface area contributed by atoms with E-state index in [-0.39, 0.29) is 16.1 Å². The van der Waals surface area contributed by atoms with Crippen LogP contribution in [0.2, 0.25) is 5.02 Å². The zero-order chi connectivity index (χ0) is 14.3. The minimum atomic E-state index is -2.66. The van der Waals surface area contributed by atoms with E-state index in [1.807, 2.05) is 0 Å². The Morgan fingerprint density at radius 2 is 1.95 bits per heavy atom. The zero-order valence-corrected chi connectivity index (χ0v) is 10.6. The first-order chi connectivity index (χ1) is 9.56. The van der Waals surface area contributed by atoms with E-state index >= 15 is 0 Å². The maximum Gasteiger partial charge on any atom is 0.265 e. The van der Waals surface area contributed by atoms with Crippen molar-refractivity contribution in [1.29, 1.82) is 0 Å². The highest BCUT2D eigenvalue weighted by Crippen LogP contribution is 2.32. The molecule has 20 heavy (non-hydrogen) atoms. The summed E-state index contributed by atoms with van der Waals surface area (Å²) < 4.78 is 38.8. The van der Waals surface area contributed by atoms with Crippen LogP contribution in [0.25, 0.3) is 22.2 Å². The van der Waals surface area contributed by atoms with Crippen LogP contribution < -0.4 is 0 Å². The van der Waals surface area contributed by atoms with E-state index in [1.165, 1.54) is 18.3 Å². The Morgan fingerprint density at radius 1 is 1.15 bits per heavy atom. The number of pyridine rings is 1. The number of hydrogen-bond donors (Lipinski definition) is 1. The van der Waals surface area contributed by atoms with E-state index in [0.29, 0.717) is 16.6 Å². The second-order valence-corrected chi connectivity index (χ2v) is 4.58. The standard InChI is InChI=1S/C13H7ClF3N3/c14-9-2-1-6(3-8(9)12(15)16)7-4-10-11(18-5-7)13(17)20-19-10/h1-5,12H,(H,19,20). The predicted molar refractivity (Wildman–Crippen MR) is 69.2 cm³/mol. The summed E-state index contributed by atoms with van der Waals surface area (Å²) in [4.78, 5) is 3.92. The SMILES string of the molecule is Fc1n[nH]c2cc(-c3ccc(Cl)c(C(F)F)c3)cnc12. The molecule has 0 radical (unpaired) electrons. The molecule has 0 aliphatic carbocycles. The maximum absolute atomic E-state index is 13.2. The van der Waals surface area contributed by atoms with Gasteiger partial charge in [0.1, 0.15) is 5.52 Å². The van der Waals surface area contributed by atoms with E-state index in [1.54, 1.807) is 12.1 Å². The van der Waals surface area contributed by atoms with Crippen molar-refractivity contribution in [3.63, 3.8) is 0 Å². The van der Waals surface area contributed by atoms with Crippen molar-refractivity contribution >= 4 is 22.6 Å². The summed E-state index contributed by atoms with van der Waals surface area (Å²) in [7, 11) is 0. The van der Waals surface area contributed by atoms with Crippen molar-refractivity contribution in [1.82, 2.24) is 15.2 Å². The minimum absolute atomic E-state index is 0.00497. The molecule has 0 saturated carbocycles. The fourth-order valence-corrected chi connectivity index (χ4v) is 2.13. The summed E-state index contributed by atoms with van der Waals surface area (Å²) in [5.41, 5.74) is 1.35. The van der Waals surface area contributed by atoms with Crippen molar-refractivity contribution < 1.29 is 13.2 Å². The lowest BCUT2D eigenvalue weighted by atomic mass is 10.0. The third-order valence-corrected chi connectivity index (χ3v) is 3.27. The molecule has 2 heterocycles. The number of hydrogen-bond acceptors (Lipinski definition) is 2. The molecule has 0 spiro atoms. The molecule has 0 fully saturated rings. The van der Waals surface area contributed by atoms with Gasteiger partial charge in [0.25, 0.3) is 12.4 Å². The molecule has 0 bridgehead atoms. The highest BCUT2D eigenvalue weighted by Gasteiger charge is 2.14. The molecule has 1 N–H and O–H groups in total. The van der Waals surface area contributed by atoms with Gasteiger partial charge in [0, 0.05) is 22.3 Å². The number of rotatable bonds is 2. The summed E-state index contributed by atoms with van der Waals surface area (Å²) in [6, 6.07) is 5.89. The molecule has 0 amide bonds. The second kappa shape index (κ2) is 4.79. The van der Waals surface area contributed by atoms with Gasteiger partial charge in [-0.05, 0) is 23.8 Å². The van der Waals surface area contributed by atoms with Crippen LogP contribution in [0.15, 0.2) is 30.5 Å². The Balaban J connectivity index is 2.12. The minimum Gasteiger partial charge on any atom is -0.273 e. The van der Waals surface area contributed by atoms with Crippen LogP contribution >= 0.6 is 11.6 Å². The van der Waals surface area contributed by atoms with Crippen LogP contribution in [0.4, 0.5) is 13.2 Å². The van der Waals surface area contributed by atoms with E-state index in [9.17, 15) is 13.2 Å². The highest BCUT2D eigenvalue weighted by atomic mass is 35.5. The van der Waals surface area contributed by atoms with Crippen LogP contribution in [-0.4, -0.2) is 15.2 Å². The third kappa shape index (κ3) is 2.12. The number of nitrogens with one attached hydrogen (secondary N) is 1. The van der Waals surface area contributed by atoms with Crippen molar-refractivity contribution in [3.8, 4) is 11.1 Å². The number of halogens is 4. The first-order valence-electron chi connectivity index (χ1n) is 5.64. The van der Waals surface area contributed by atoms with Crippen molar-refractivity contribution in [2.45, 2.75) is 6.43 Å². The number of nitrogens with zero attached hydrogens (tertiary/aromatic N) is 2. The van der Waals surface area contributed by atoms with Gasteiger partial charge in [-0.25, -0.2) is 13.8 Å². The maximum atomic E-state index is 13.2. The molecule has 2 aromatic heterocycles. The number of alkyl halides is 2. The highest BCUT2D eigenvalue weighted by molar-refractivity contribution is 6.31. The monoisotopic (exact) mass is 297 g/mol. The number of benzene rings is 1. The third-order valence-electron chi connectivity index (χ3n) is 2.92. The lowest BCUT2D eigenvalue weighted by Gasteiger charge is -2.07. The van der Waals surface area contributed by atoms with Gasteiger partial charge in [0.05, 0.1) is 5.52 Å². The van der Waals surface area contributed by atoms with Crippen LogP contribution in [0.3, 0.4) is 0 Å². The molecule has 0 unspecified atom stereocenters. The zero-order valence-electron chi connectivity index (χ0n) is 9.87. The van der Waals surface area contributed by atoms with E-state index < -0.39 is 12.4 Å². The first-order valence-corrected chi connectivity index (χ1v) is 6.01. The smallest absolute Gasteiger partial charge is 0.265 e. The summed E-state index contributed by atoms with van der Waals surface area (Å²) in [5, 5.41) is 5.89. The molecular formula is C13H7ClF3N3. The Hall–Kier alpha value is -2.08. The molecule has 3 nitrogen and oxygen atoms in total. The molecule has 7 heteroatoms. The quantitative estimate of drug-likeness (QED) is 0.764. The number of aromatic nitrogens is 3. The summed E-state index contributed by atoms with van der Waals surface area (Å²) >= 11 is 5.72. The van der Waals surface area contributed by atoms with Crippen molar-refractivity contribution in [2.75, 3.05) is 0 Å². The van der Waals surface area contributed by atoms with Crippen LogP contribution in [0.5, 0.6) is 0 Å². The largest absolute Gasteiger partial charge is 0.273 e. The Labute approximate surface area is 116 Å². The van der Waals surface area contributed by atoms with Crippen molar-refractivity contribution in [3.05, 3.63) is 47.0 Å². The molecular weight excluding hydrogens is 291 g/mol. The molecule has 102 valence electrons. The fraction of sp³-hybridized carbons (Fsp3) is 0.0769. The van der Waals surface area contributed by atoms with Gasteiger partial charge in [-0.3, -0.25) is 5.10 Å². The lowest BCUT2D eigenvalue weighted by molar-refractivity contribution is 0.151. The molecule has 1 aromatic carbocycles. The average molecular weight is 298 g/mol. The van der Waals surface area contributed by atoms with Gasteiger partial charge < -0.3 is 0 Å². The number of aromatic amines is 1. The van der Waals surface area contributed by atoms with E-state index in [2.05, 4.69) is 15.2 Å². The molecule has 3 rings (SSSR count). The van der Waals surface area contributed by atoms with Crippen LogP contribution in [-0.2, 0) is 0 Å². The van der Waals surface area contributed by atoms with Gasteiger partial charge >= 0.3 is 0 Å². The van der Waals surface area contributed by atoms with Crippen LogP contribution in [0.1, 0.15) is 12.0 Å². The first kappa shape index (κ1) is 12.9. The Morgan fingerprint density at radius 3 is 2.70 bits per heavy atom. The lowest BCUT2D eigenvalue weighted by Crippen LogP contribution is -1.89. The fourth-order valence-electron chi connectivity index (χ4n) is 1.93. The van der Waals surface area contributed by atoms with Crippen molar-refractivity contribution in [2.24, 2.45) is 0 Å². The number of H-pyrrole nitrogens is 1. The predicted octanol–water partition coefficient (Wildman–Crippen LogP) is 4.36. The second-order valence-electron chi connectivity index (χ2n) is 4.17. The molecule has 0 atom stereocenters. The van der Waals surface area contributed by atoms with Crippen LogP contribution in [0, 0.1) is 5.95 Å². The summed E-state index contributed by atoms with van der Waals surface area (Å²) in [6.07, 6.45) is -1.26.